The lowest BCUT2D eigenvalue weighted by Gasteiger charge is -2.27. The summed E-state index contributed by atoms with van der Waals surface area (Å²) in [6.07, 6.45) is 5.56. The summed E-state index contributed by atoms with van der Waals surface area (Å²) in [7, 11) is -8.72. The van der Waals surface area contributed by atoms with Crippen LogP contribution in [0.15, 0.2) is 101 Å². The van der Waals surface area contributed by atoms with Gasteiger partial charge in [0.05, 0.1) is 18.0 Å². The van der Waals surface area contributed by atoms with Gasteiger partial charge in [-0.15, -0.1) is 0 Å². The molecule has 0 heterocycles. The Morgan fingerprint density at radius 2 is 1.30 bits per heavy atom. The van der Waals surface area contributed by atoms with Gasteiger partial charge >= 0.3 is 0 Å². The van der Waals surface area contributed by atoms with Gasteiger partial charge < -0.3 is 4.90 Å². The van der Waals surface area contributed by atoms with Crippen molar-refractivity contribution in [2.24, 2.45) is 0 Å². The Morgan fingerprint density at radius 3 is 1.94 bits per heavy atom. The molecule has 0 unspecified atom stereocenters. The molecule has 6 rings (SSSR count). The molecule has 5 aromatic carbocycles. The lowest BCUT2D eigenvalue weighted by molar-refractivity contribution is -0.118. The van der Waals surface area contributed by atoms with Crippen LogP contribution in [0.2, 0.25) is 0 Å². The van der Waals surface area contributed by atoms with Gasteiger partial charge in [-0.1, -0.05) is 79.9 Å². The topological polar surface area (TPSA) is 104 Å². The minimum absolute atomic E-state index is 0.0474. The summed E-state index contributed by atoms with van der Waals surface area (Å²) in [6, 6.07) is 25.1. The Morgan fingerprint density at radius 1 is 0.717 bits per heavy atom. The number of hydrogen-bond donors (Lipinski definition) is 1. The summed E-state index contributed by atoms with van der Waals surface area (Å²) in [4.78, 5) is 13.0. The van der Waals surface area contributed by atoms with Crippen molar-refractivity contribution in [1.29, 1.82) is 0 Å². The zero-order valence-electron chi connectivity index (χ0n) is 28.3. The number of fused-ring (bicyclic) bond motifs is 1. The van der Waals surface area contributed by atoms with Crippen molar-refractivity contribution >= 4 is 48.1 Å². The molecule has 1 aliphatic rings. The second kappa shape index (κ2) is 15.2. The van der Waals surface area contributed by atoms with E-state index in [9.17, 15) is 43.6 Å². The van der Waals surface area contributed by atoms with Crippen molar-refractivity contribution in [2.45, 2.75) is 54.4 Å². The normalized spacial score (nSPS) is 14.1. The van der Waals surface area contributed by atoms with Crippen LogP contribution in [0.5, 0.6) is 0 Å². The van der Waals surface area contributed by atoms with E-state index < -0.39 is 66.5 Å². The fourth-order valence-electron chi connectivity index (χ4n) is 6.51. The number of anilines is 2. The molecule has 0 aliphatic heterocycles. The summed E-state index contributed by atoms with van der Waals surface area (Å²) in [5.41, 5.74) is 2.13. The van der Waals surface area contributed by atoms with Crippen molar-refractivity contribution in [2.75, 3.05) is 23.2 Å². The van der Waals surface area contributed by atoms with E-state index in [1.807, 2.05) is 24.3 Å². The molecule has 1 N–H and O–H groups in total. The number of carbonyl (C=O) groups is 1. The third-order valence-electron chi connectivity index (χ3n) is 9.36. The van der Waals surface area contributed by atoms with E-state index in [2.05, 4.69) is 4.72 Å². The molecule has 1 amide bonds. The Balaban J connectivity index is 1.29. The molecule has 0 saturated heterocycles. The maximum absolute atomic E-state index is 14.5. The molecule has 278 valence electrons. The molecule has 0 atom stereocenters. The Bertz CT molecular complexity index is 2350. The third kappa shape index (κ3) is 7.78. The van der Waals surface area contributed by atoms with Crippen LogP contribution < -0.4 is 9.62 Å². The van der Waals surface area contributed by atoms with E-state index in [-0.39, 0.29) is 27.1 Å². The largest absolute Gasteiger partial charge is 0.307 e. The molecule has 15 heteroatoms. The Labute approximate surface area is 304 Å². The van der Waals surface area contributed by atoms with Crippen LogP contribution in [-0.4, -0.2) is 40.6 Å². The fourth-order valence-corrected chi connectivity index (χ4v) is 9.03. The van der Waals surface area contributed by atoms with Crippen molar-refractivity contribution in [3.8, 4) is 0 Å². The molecule has 0 radical (unpaired) electrons. The van der Waals surface area contributed by atoms with Crippen molar-refractivity contribution in [3.05, 3.63) is 131 Å². The number of nitrogens with zero attached hydrogens (tertiary/aromatic N) is 2. The van der Waals surface area contributed by atoms with Crippen molar-refractivity contribution < 1.29 is 43.6 Å². The van der Waals surface area contributed by atoms with Crippen molar-refractivity contribution in [3.63, 3.8) is 0 Å². The molecular formula is C38H34F5N3O5S2. The number of sulfonamides is 2. The average molecular weight is 772 g/mol. The van der Waals surface area contributed by atoms with E-state index in [4.69, 9.17) is 0 Å². The van der Waals surface area contributed by atoms with Gasteiger partial charge in [0, 0.05) is 23.8 Å². The first-order valence-corrected chi connectivity index (χ1v) is 19.6. The molecule has 0 bridgehead atoms. The summed E-state index contributed by atoms with van der Waals surface area (Å²) in [6.45, 7) is -1.17. The van der Waals surface area contributed by atoms with Crippen LogP contribution in [0.1, 0.15) is 49.1 Å². The first kappa shape index (κ1) is 37.9. The Kier molecular flexibility index (Phi) is 10.9. The average Bonchev–Trinajstić information content (AvgIpc) is 3.16. The van der Waals surface area contributed by atoms with Crippen LogP contribution in [0.25, 0.3) is 10.8 Å². The summed E-state index contributed by atoms with van der Waals surface area (Å²) < 4.78 is 126. The number of likely N-dealkylation sites (N-methyl/N-ethyl adjacent to an activating group) is 1. The molecule has 0 spiro atoms. The highest BCUT2D eigenvalue weighted by Crippen LogP contribution is 2.34. The third-order valence-corrected chi connectivity index (χ3v) is 12.6. The van der Waals surface area contributed by atoms with Gasteiger partial charge in [-0.05, 0) is 65.6 Å². The summed E-state index contributed by atoms with van der Waals surface area (Å²) >= 11 is 0. The molecule has 8 nitrogen and oxygen atoms in total. The van der Waals surface area contributed by atoms with Crippen LogP contribution >= 0.6 is 0 Å². The predicted molar refractivity (Wildman–Crippen MR) is 191 cm³/mol. The molecule has 1 aliphatic carbocycles. The van der Waals surface area contributed by atoms with Gasteiger partial charge in [0.1, 0.15) is 0 Å². The number of rotatable bonds is 11. The highest BCUT2D eigenvalue weighted by atomic mass is 32.2. The summed E-state index contributed by atoms with van der Waals surface area (Å²) in [5, 5.41) is 1.23. The lowest BCUT2D eigenvalue weighted by atomic mass is 9.84. The zero-order chi connectivity index (χ0) is 38.1. The maximum Gasteiger partial charge on any atom is 0.262 e. The summed E-state index contributed by atoms with van der Waals surface area (Å²) in [5.74, 6) is -13.1. The Hall–Kier alpha value is -4.86. The fraction of sp³-hybridized carbons (Fsp3) is 0.237. The highest BCUT2D eigenvalue weighted by molar-refractivity contribution is 7.93. The smallest absolute Gasteiger partial charge is 0.262 e. The molecule has 0 aromatic heterocycles. The number of amides is 1. The van der Waals surface area contributed by atoms with E-state index >= 15 is 0 Å². The monoisotopic (exact) mass is 771 g/mol. The second-order valence-corrected chi connectivity index (χ2v) is 16.5. The highest BCUT2D eigenvalue weighted by Gasteiger charge is 2.37. The maximum atomic E-state index is 14.5. The minimum atomic E-state index is -5.42. The number of halogens is 5. The van der Waals surface area contributed by atoms with Gasteiger partial charge in [0.25, 0.3) is 10.0 Å². The first-order chi connectivity index (χ1) is 25.2. The van der Waals surface area contributed by atoms with Gasteiger partial charge in [-0.3, -0.25) is 9.52 Å². The number of benzene rings is 5. The standard InChI is InChI=1S/C38H34F5N3O5S2/c1-45(53(50,51)38-36(42)34(40)33(39)35(41)37(38)43)23-32(47)46(22-24-14-16-26(17-15-24)25-8-3-2-4-9-25)29-20-18-28(19-21-29)44-52(48,49)31-13-7-11-27-10-5-6-12-30(27)31/h5-7,10-21,25,44H,2-4,8-9,22-23H2,1H3. The van der Waals surface area contributed by atoms with Gasteiger partial charge in [0.2, 0.25) is 21.7 Å². The molecule has 1 saturated carbocycles. The predicted octanol–water partition coefficient (Wildman–Crippen LogP) is 8.24. The van der Waals surface area contributed by atoms with E-state index in [1.165, 1.54) is 41.7 Å². The molecule has 5 aromatic rings. The lowest BCUT2D eigenvalue weighted by Crippen LogP contribution is -2.41. The zero-order valence-corrected chi connectivity index (χ0v) is 30.0. The van der Waals surface area contributed by atoms with Gasteiger partial charge in [-0.25, -0.2) is 38.8 Å². The quantitative estimate of drug-likeness (QED) is 0.0828. The van der Waals surface area contributed by atoms with E-state index in [0.717, 1.165) is 43.7 Å². The van der Waals surface area contributed by atoms with Crippen LogP contribution in [0.3, 0.4) is 0 Å². The van der Waals surface area contributed by atoms with E-state index in [0.29, 0.717) is 16.9 Å². The number of carbonyl (C=O) groups excluding carboxylic acids is 1. The molecule has 1 fully saturated rings. The second-order valence-electron chi connectivity index (χ2n) is 12.8. The number of nitrogens with one attached hydrogen (secondary N) is 1. The van der Waals surface area contributed by atoms with Crippen LogP contribution in [0.4, 0.5) is 33.3 Å². The van der Waals surface area contributed by atoms with Crippen LogP contribution in [0, 0.1) is 29.1 Å². The molecular weight excluding hydrogens is 738 g/mol. The number of hydrogen-bond acceptors (Lipinski definition) is 5. The van der Waals surface area contributed by atoms with E-state index in [1.54, 1.807) is 36.4 Å². The van der Waals surface area contributed by atoms with Crippen molar-refractivity contribution in [1.82, 2.24) is 4.31 Å². The SMILES string of the molecule is CN(CC(=O)N(Cc1ccc(C2CCCCC2)cc1)c1ccc(NS(=O)(=O)c2cccc3ccccc23)cc1)S(=O)(=O)c1c(F)c(F)c(F)c(F)c1F. The molecule has 53 heavy (non-hydrogen) atoms. The minimum Gasteiger partial charge on any atom is -0.307 e. The van der Waals surface area contributed by atoms with Crippen LogP contribution in [-0.2, 0) is 31.4 Å². The van der Waals surface area contributed by atoms with Gasteiger partial charge in [-0.2, -0.15) is 4.31 Å². The van der Waals surface area contributed by atoms with Gasteiger partial charge in [0.15, 0.2) is 28.2 Å². The first-order valence-electron chi connectivity index (χ1n) is 16.7.